The number of imide groups is 1. The van der Waals surface area contributed by atoms with Crippen LogP contribution in [0, 0.1) is 5.92 Å². The van der Waals surface area contributed by atoms with Crippen LogP contribution in [0.4, 0.5) is 0 Å². The van der Waals surface area contributed by atoms with Crippen molar-refractivity contribution in [2.24, 2.45) is 11.7 Å². The molecule has 0 spiro atoms. The van der Waals surface area contributed by atoms with Crippen LogP contribution in [-0.4, -0.2) is 11.8 Å². The van der Waals surface area contributed by atoms with Gasteiger partial charge < -0.3 is 5.73 Å². The summed E-state index contributed by atoms with van der Waals surface area (Å²) in [5, 5.41) is 2.16. The zero-order valence-corrected chi connectivity index (χ0v) is 7.89. The van der Waals surface area contributed by atoms with Gasteiger partial charge in [0.05, 0.1) is 0 Å². The number of amides is 2. The van der Waals surface area contributed by atoms with E-state index in [1.807, 2.05) is 0 Å². The van der Waals surface area contributed by atoms with E-state index in [9.17, 15) is 9.59 Å². The van der Waals surface area contributed by atoms with E-state index >= 15 is 0 Å². The normalized spacial score (nSPS) is 17.2. The second-order valence-corrected chi connectivity index (χ2v) is 3.61. The molecule has 1 rings (SSSR count). The number of carbonyl (C=O) groups is 2. The first-order valence-electron chi connectivity index (χ1n) is 4.36. The Kier molecular flexibility index (Phi) is 2.70. The molecule has 0 unspecified atom stereocenters. The first kappa shape index (κ1) is 9.77. The van der Waals surface area contributed by atoms with E-state index in [2.05, 4.69) is 19.2 Å². The van der Waals surface area contributed by atoms with Gasteiger partial charge in [0.2, 0.25) is 0 Å². The van der Waals surface area contributed by atoms with Crippen LogP contribution in [0.1, 0.15) is 26.7 Å². The predicted molar refractivity (Wildman–Crippen MR) is 48.4 cm³/mol. The minimum atomic E-state index is -0.455. The molecule has 0 aliphatic carbocycles. The lowest BCUT2D eigenvalue weighted by atomic mass is 10.0. The number of nitrogens with one attached hydrogen (secondary N) is 1. The SMILES string of the molecule is CC(C)CCC1=C(N)C(=O)NC1=O. The van der Waals surface area contributed by atoms with Gasteiger partial charge in [0.15, 0.2) is 0 Å². The largest absolute Gasteiger partial charge is 0.394 e. The molecule has 1 aliphatic rings. The Balaban J connectivity index is 2.67. The van der Waals surface area contributed by atoms with Crippen molar-refractivity contribution >= 4 is 11.8 Å². The van der Waals surface area contributed by atoms with Gasteiger partial charge in [0, 0.05) is 5.57 Å². The van der Waals surface area contributed by atoms with Crippen molar-refractivity contribution in [3.8, 4) is 0 Å². The Labute approximate surface area is 77.2 Å². The molecule has 0 radical (unpaired) electrons. The monoisotopic (exact) mass is 182 g/mol. The van der Waals surface area contributed by atoms with Crippen LogP contribution in [0.5, 0.6) is 0 Å². The van der Waals surface area contributed by atoms with Crippen molar-refractivity contribution in [2.45, 2.75) is 26.7 Å². The topological polar surface area (TPSA) is 72.2 Å². The molecule has 0 saturated carbocycles. The fraction of sp³-hybridized carbons (Fsp3) is 0.556. The van der Waals surface area contributed by atoms with E-state index < -0.39 is 5.91 Å². The van der Waals surface area contributed by atoms with Crippen LogP contribution in [0.2, 0.25) is 0 Å². The predicted octanol–water partition coefficient (Wildman–Crippen LogP) is 0.292. The standard InChI is InChI=1S/C9H14N2O2/c1-5(2)3-4-6-7(10)9(13)11-8(6)12/h5H,3-4H2,1-2H3,(H3,10,11,12,13). The third kappa shape index (κ3) is 2.08. The zero-order valence-electron chi connectivity index (χ0n) is 7.89. The van der Waals surface area contributed by atoms with E-state index in [0.717, 1.165) is 6.42 Å². The smallest absolute Gasteiger partial charge is 0.274 e. The maximum Gasteiger partial charge on any atom is 0.274 e. The first-order valence-corrected chi connectivity index (χ1v) is 4.36. The summed E-state index contributed by atoms with van der Waals surface area (Å²) in [5.41, 5.74) is 5.98. The van der Waals surface area contributed by atoms with Gasteiger partial charge in [-0.2, -0.15) is 0 Å². The molecule has 13 heavy (non-hydrogen) atoms. The Morgan fingerprint density at radius 2 is 1.92 bits per heavy atom. The second kappa shape index (κ2) is 3.60. The highest BCUT2D eigenvalue weighted by atomic mass is 16.2. The van der Waals surface area contributed by atoms with Crippen LogP contribution < -0.4 is 11.1 Å². The van der Waals surface area contributed by atoms with Crippen molar-refractivity contribution in [3.05, 3.63) is 11.3 Å². The maximum atomic E-state index is 11.1. The molecule has 4 heteroatoms. The van der Waals surface area contributed by atoms with Crippen LogP contribution in [0.3, 0.4) is 0 Å². The summed E-state index contributed by atoms with van der Waals surface area (Å²) in [6.07, 6.45) is 1.46. The van der Waals surface area contributed by atoms with Crippen molar-refractivity contribution < 1.29 is 9.59 Å². The third-order valence-corrected chi connectivity index (χ3v) is 2.04. The summed E-state index contributed by atoms with van der Waals surface area (Å²) in [6.45, 7) is 4.12. The molecule has 0 atom stereocenters. The second-order valence-electron chi connectivity index (χ2n) is 3.61. The molecule has 3 N–H and O–H groups in total. The molecular weight excluding hydrogens is 168 g/mol. The fourth-order valence-electron chi connectivity index (χ4n) is 1.19. The molecule has 0 fully saturated rings. The third-order valence-electron chi connectivity index (χ3n) is 2.04. The fourth-order valence-corrected chi connectivity index (χ4v) is 1.19. The van der Waals surface area contributed by atoms with Crippen molar-refractivity contribution in [1.82, 2.24) is 5.32 Å². The lowest BCUT2D eigenvalue weighted by molar-refractivity contribution is -0.124. The molecule has 1 heterocycles. The molecular formula is C9H14N2O2. The van der Waals surface area contributed by atoms with Crippen LogP contribution in [-0.2, 0) is 9.59 Å². The summed E-state index contributed by atoms with van der Waals surface area (Å²) in [7, 11) is 0. The molecule has 0 aromatic carbocycles. The van der Waals surface area contributed by atoms with E-state index in [1.54, 1.807) is 0 Å². The van der Waals surface area contributed by atoms with Crippen LogP contribution >= 0.6 is 0 Å². The number of nitrogens with two attached hydrogens (primary N) is 1. The van der Waals surface area contributed by atoms with Gasteiger partial charge in [-0.1, -0.05) is 13.8 Å². The maximum absolute atomic E-state index is 11.1. The lowest BCUT2D eigenvalue weighted by Gasteiger charge is -2.03. The molecule has 2 amide bonds. The Bertz CT molecular complexity index is 279. The van der Waals surface area contributed by atoms with Crippen molar-refractivity contribution in [2.75, 3.05) is 0 Å². The lowest BCUT2D eigenvalue weighted by Crippen LogP contribution is -2.24. The minimum absolute atomic E-state index is 0.0886. The van der Waals surface area contributed by atoms with Gasteiger partial charge in [0.1, 0.15) is 5.70 Å². The Hall–Kier alpha value is -1.32. The summed E-state index contributed by atoms with van der Waals surface area (Å²) >= 11 is 0. The molecule has 0 bridgehead atoms. The van der Waals surface area contributed by atoms with Crippen molar-refractivity contribution in [1.29, 1.82) is 0 Å². The molecule has 0 aromatic heterocycles. The Morgan fingerprint density at radius 1 is 1.31 bits per heavy atom. The van der Waals surface area contributed by atoms with E-state index in [4.69, 9.17) is 5.73 Å². The first-order chi connectivity index (χ1) is 6.02. The van der Waals surface area contributed by atoms with Gasteiger partial charge in [-0.05, 0) is 18.8 Å². The molecule has 72 valence electrons. The Morgan fingerprint density at radius 3 is 2.31 bits per heavy atom. The quantitative estimate of drug-likeness (QED) is 0.616. The molecule has 0 aromatic rings. The molecule has 0 saturated heterocycles. The minimum Gasteiger partial charge on any atom is -0.394 e. The highest BCUT2D eigenvalue weighted by Crippen LogP contribution is 2.17. The van der Waals surface area contributed by atoms with E-state index in [-0.39, 0.29) is 11.6 Å². The highest BCUT2D eigenvalue weighted by molar-refractivity contribution is 6.18. The van der Waals surface area contributed by atoms with Crippen LogP contribution in [0.25, 0.3) is 0 Å². The van der Waals surface area contributed by atoms with Gasteiger partial charge in [0.25, 0.3) is 11.8 Å². The van der Waals surface area contributed by atoms with Gasteiger partial charge in [-0.3, -0.25) is 14.9 Å². The number of rotatable bonds is 3. The average Bonchev–Trinajstić information content (AvgIpc) is 2.24. The molecule has 1 aliphatic heterocycles. The summed E-state index contributed by atoms with van der Waals surface area (Å²) in [5.74, 6) is -0.282. The summed E-state index contributed by atoms with van der Waals surface area (Å²) < 4.78 is 0. The number of hydrogen-bond acceptors (Lipinski definition) is 3. The molecule has 4 nitrogen and oxygen atoms in total. The van der Waals surface area contributed by atoms with Gasteiger partial charge in [-0.25, -0.2) is 0 Å². The zero-order chi connectivity index (χ0) is 10.0. The van der Waals surface area contributed by atoms with E-state index in [0.29, 0.717) is 17.9 Å². The average molecular weight is 182 g/mol. The summed E-state index contributed by atoms with van der Waals surface area (Å²) in [6, 6.07) is 0. The van der Waals surface area contributed by atoms with Crippen LogP contribution in [0.15, 0.2) is 11.3 Å². The summed E-state index contributed by atoms with van der Waals surface area (Å²) in [4.78, 5) is 22.1. The van der Waals surface area contributed by atoms with Gasteiger partial charge in [-0.15, -0.1) is 0 Å². The number of carbonyl (C=O) groups excluding carboxylic acids is 2. The van der Waals surface area contributed by atoms with Gasteiger partial charge >= 0.3 is 0 Å². The highest BCUT2D eigenvalue weighted by Gasteiger charge is 2.27. The number of hydrogen-bond donors (Lipinski definition) is 2. The van der Waals surface area contributed by atoms with Crippen molar-refractivity contribution in [3.63, 3.8) is 0 Å². The van der Waals surface area contributed by atoms with E-state index in [1.165, 1.54) is 0 Å².